The number of benzene rings is 1. The maximum atomic E-state index is 13.2. The van der Waals surface area contributed by atoms with Gasteiger partial charge in [-0.25, -0.2) is 8.78 Å². The third kappa shape index (κ3) is 4.46. The molecule has 1 amide bonds. The number of hydrogen-bond acceptors (Lipinski definition) is 3. The second kappa shape index (κ2) is 7.48. The van der Waals surface area contributed by atoms with Crippen LogP contribution in [0.5, 0.6) is 0 Å². The smallest absolute Gasteiger partial charge is 0.210 e. The Balaban J connectivity index is 2.16. The molecule has 0 aliphatic heterocycles. The van der Waals surface area contributed by atoms with E-state index >= 15 is 0 Å². The number of amides is 1. The van der Waals surface area contributed by atoms with Gasteiger partial charge in [-0.2, -0.15) is 0 Å². The summed E-state index contributed by atoms with van der Waals surface area (Å²) in [5.74, 6) is -2.04. The van der Waals surface area contributed by atoms with E-state index in [1.165, 1.54) is 12.4 Å². The minimum atomic E-state index is -0.766. The van der Waals surface area contributed by atoms with Crippen LogP contribution in [0.2, 0.25) is 10.0 Å². The maximum Gasteiger partial charge on any atom is 0.210 e. The van der Waals surface area contributed by atoms with E-state index < -0.39 is 17.4 Å². The average molecular weight is 359 g/mol. The van der Waals surface area contributed by atoms with Crippen LogP contribution in [0.3, 0.4) is 0 Å². The molecule has 8 heteroatoms. The number of carbonyl (C=O) groups excluding carboxylic acids is 2. The van der Waals surface area contributed by atoms with Crippen molar-refractivity contribution < 1.29 is 18.4 Å². The number of nitrogens with zero attached hydrogens (tertiary/aromatic N) is 2. The van der Waals surface area contributed by atoms with Crippen molar-refractivity contribution in [3.8, 4) is 0 Å². The molecule has 2 aromatic rings. The van der Waals surface area contributed by atoms with Gasteiger partial charge in [0.05, 0.1) is 22.2 Å². The Bertz CT molecular complexity index is 716. The number of Topliss-reactive ketones (excluding diaryl/α,β-unsaturated/α-hetero) is 1. The normalized spacial score (nSPS) is 10.4. The number of pyridine rings is 1. The molecule has 0 saturated carbocycles. The molecule has 0 radical (unpaired) electrons. The van der Waals surface area contributed by atoms with Crippen LogP contribution < -0.4 is 0 Å². The number of aromatic nitrogens is 1. The van der Waals surface area contributed by atoms with Crippen LogP contribution >= 0.6 is 23.2 Å². The molecule has 0 fully saturated rings. The summed E-state index contributed by atoms with van der Waals surface area (Å²) in [6, 6.07) is 2.88. The van der Waals surface area contributed by atoms with E-state index in [2.05, 4.69) is 4.98 Å². The van der Waals surface area contributed by atoms with Crippen molar-refractivity contribution >= 4 is 35.4 Å². The highest BCUT2D eigenvalue weighted by molar-refractivity contribution is 6.39. The summed E-state index contributed by atoms with van der Waals surface area (Å²) < 4.78 is 26.3. The molecule has 0 bridgehead atoms. The van der Waals surface area contributed by atoms with E-state index in [-0.39, 0.29) is 34.3 Å². The zero-order valence-corrected chi connectivity index (χ0v) is 13.1. The molecule has 120 valence electrons. The summed E-state index contributed by atoms with van der Waals surface area (Å²) in [5.41, 5.74) is 0.259. The Kier molecular flexibility index (Phi) is 5.63. The van der Waals surface area contributed by atoms with Crippen LogP contribution in [-0.2, 0) is 11.3 Å². The van der Waals surface area contributed by atoms with Crippen molar-refractivity contribution in [2.75, 3.05) is 6.54 Å². The molecule has 0 aliphatic rings. The fourth-order valence-corrected chi connectivity index (χ4v) is 2.58. The minimum Gasteiger partial charge on any atom is -0.333 e. The molecule has 2 rings (SSSR count). The molecule has 0 spiro atoms. The Morgan fingerprint density at radius 3 is 2.22 bits per heavy atom. The molecule has 0 aliphatic carbocycles. The first-order chi connectivity index (χ1) is 10.9. The predicted molar refractivity (Wildman–Crippen MR) is 81.4 cm³/mol. The first kappa shape index (κ1) is 17.3. The molecule has 0 N–H and O–H groups in total. The standard InChI is InChI=1S/C15H10Cl2F2N2O2/c16-12-4-20-5-13(17)15(12)14(23)7-21(8-22)6-9-1-10(18)3-11(19)2-9/h1-5,8H,6-7H2. The molecular weight excluding hydrogens is 349 g/mol. The molecule has 1 heterocycles. The second-order valence-electron chi connectivity index (χ2n) is 4.69. The monoisotopic (exact) mass is 358 g/mol. The van der Waals surface area contributed by atoms with Crippen molar-refractivity contribution in [2.24, 2.45) is 0 Å². The lowest BCUT2D eigenvalue weighted by Gasteiger charge is -2.17. The van der Waals surface area contributed by atoms with Gasteiger partial charge in [-0.05, 0) is 17.7 Å². The number of hydrogen-bond donors (Lipinski definition) is 0. The van der Waals surface area contributed by atoms with Crippen molar-refractivity contribution in [3.05, 3.63) is 63.4 Å². The molecule has 0 atom stereocenters. The lowest BCUT2D eigenvalue weighted by atomic mass is 10.1. The first-order valence-electron chi connectivity index (χ1n) is 6.37. The van der Waals surface area contributed by atoms with Crippen molar-refractivity contribution in [1.82, 2.24) is 9.88 Å². The number of ketones is 1. The van der Waals surface area contributed by atoms with Gasteiger partial charge in [0.2, 0.25) is 6.41 Å². The lowest BCUT2D eigenvalue weighted by Crippen LogP contribution is -2.28. The van der Waals surface area contributed by atoms with Crippen LogP contribution in [0.1, 0.15) is 15.9 Å². The first-order valence-corrected chi connectivity index (χ1v) is 7.13. The van der Waals surface area contributed by atoms with Gasteiger partial charge in [-0.1, -0.05) is 23.2 Å². The van der Waals surface area contributed by atoms with E-state index in [1.54, 1.807) is 0 Å². The zero-order valence-electron chi connectivity index (χ0n) is 11.6. The fourth-order valence-electron chi connectivity index (χ4n) is 2.01. The van der Waals surface area contributed by atoms with Crippen molar-refractivity contribution in [1.29, 1.82) is 0 Å². The fraction of sp³-hybridized carbons (Fsp3) is 0.133. The van der Waals surface area contributed by atoms with Gasteiger partial charge in [0.25, 0.3) is 0 Å². The van der Waals surface area contributed by atoms with Gasteiger partial charge in [-0.15, -0.1) is 0 Å². The van der Waals surface area contributed by atoms with E-state index in [9.17, 15) is 18.4 Å². The van der Waals surface area contributed by atoms with Crippen molar-refractivity contribution in [3.63, 3.8) is 0 Å². The van der Waals surface area contributed by atoms with E-state index in [4.69, 9.17) is 23.2 Å². The van der Waals surface area contributed by atoms with E-state index in [0.717, 1.165) is 23.1 Å². The highest BCUT2D eigenvalue weighted by atomic mass is 35.5. The largest absolute Gasteiger partial charge is 0.333 e. The van der Waals surface area contributed by atoms with Gasteiger partial charge in [-0.3, -0.25) is 14.6 Å². The summed E-state index contributed by atoms with van der Waals surface area (Å²) in [4.78, 5) is 28.1. The highest BCUT2D eigenvalue weighted by Gasteiger charge is 2.18. The Morgan fingerprint density at radius 1 is 1.13 bits per heavy atom. The Labute approximate surface area is 140 Å². The summed E-state index contributed by atoms with van der Waals surface area (Å²) in [5, 5.41) is 0.121. The molecule has 1 aromatic carbocycles. The van der Waals surface area contributed by atoms with E-state index in [1.807, 2.05) is 0 Å². The summed E-state index contributed by atoms with van der Waals surface area (Å²) in [6.45, 7) is -0.477. The highest BCUT2D eigenvalue weighted by Crippen LogP contribution is 2.23. The van der Waals surface area contributed by atoms with Crippen LogP contribution in [0, 0.1) is 11.6 Å². The van der Waals surface area contributed by atoms with Gasteiger partial charge >= 0.3 is 0 Å². The lowest BCUT2D eigenvalue weighted by molar-refractivity contribution is -0.118. The van der Waals surface area contributed by atoms with Crippen LogP contribution in [0.4, 0.5) is 8.78 Å². The van der Waals surface area contributed by atoms with Crippen LogP contribution in [0.15, 0.2) is 30.6 Å². The van der Waals surface area contributed by atoms with E-state index in [0.29, 0.717) is 6.41 Å². The summed E-state index contributed by atoms with van der Waals surface area (Å²) >= 11 is 11.8. The number of carbonyl (C=O) groups is 2. The third-order valence-corrected chi connectivity index (χ3v) is 3.51. The minimum absolute atomic E-state index is 0.0422. The molecule has 23 heavy (non-hydrogen) atoms. The van der Waals surface area contributed by atoms with Gasteiger partial charge in [0.15, 0.2) is 5.78 Å². The zero-order chi connectivity index (χ0) is 17.0. The van der Waals surface area contributed by atoms with Gasteiger partial charge < -0.3 is 4.90 Å². The van der Waals surface area contributed by atoms with Crippen LogP contribution in [0.25, 0.3) is 0 Å². The Hall–Kier alpha value is -2.05. The van der Waals surface area contributed by atoms with Gasteiger partial charge in [0.1, 0.15) is 11.6 Å². The second-order valence-corrected chi connectivity index (χ2v) is 5.50. The Morgan fingerprint density at radius 2 is 1.70 bits per heavy atom. The molecular formula is C15H10Cl2F2N2O2. The summed E-state index contributed by atoms with van der Waals surface area (Å²) in [6.07, 6.45) is 2.92. The molecule has 0 unspecified atom stereocenters. The van der Waals surface area contributed by atoms with Crippen molar-refractivity contribution in [2.45, 2.75) is 6.54 Å². The quantitative estimate of drug-likeness (QED) is 0.586. The predicted octanol–water partition coefficient (Wildman–Crippen LogP) is 3.51. The van der Waals surface area contributed by atoms with Crippen LogP contribution in [-0.4, -0.2) is 28.6 Å². The summed E-state index contributed by atoms with van der Waals surface area (Å²) in [7, 11) is 0. The number of rotatable bonds is 6. The SMILES string of the molecule is O=CN(CC(=O)c1c(Cl)cncc1Cl)Cc1cc(F)cc(F)c1. The van der Waals surface area contributed by atoms with Gasteiger partial charge in [0, 0.05) is 25.0 Å². The topological polar surface area (TPSA) is 50.3 Å². The average Bonchev–Trinajstić information content (AvgIpc) is 2.45. The maximum absolute atomic E-state index is 13.2. The molecule has 4 nitrogen and oxygen atoms in total. The molecule has 0 saturated heterocycles. The molecule has 1 aromatic heterocycles. The third-order valence-electron chi connectivity index (χ3n) is 2.94. The number of halogens is 4.